The molecule has 1 aromatic heterocycles. The molecule has 2 heterocycles. The fraction of sp³-hybridized carbons (Fsp3) is 0.583. The first kappa shape index (κ1) is 13.1. The molecule has 5 heteroatoms. The van der Waals surface area contributed by atoms with E-state index < -0.39 is 0 Å². The average Bonchev–Trinajstić information content (AvgIpc) is 2.29. The number of hydrogen-bond donors (Lipinski definition) is 1. The Hall–Kier alpha value is -0.320. The molecular formula is C12H17BrClN3. The highest BCUT2D eigenvalue weighted by atomic mass is 79.9. The molecule has 0 aromatic carbocycles. The summed E-state index contributed by atoms with van der Waals surface area (Å²) in [6, 6.07) is 2.25. The van der Waals surface area contributed by atoms with E-state index in [-0.39, 0.29) is 0 Å². The molecule has 1 aliphatic heterocycles. The molecule has 1 fully saturated rings. The number of anilines is 1. The van der Waals surface area contributed by atoms with Gasteiger partial charge in [-0.25, -0.2) is 4.98 Å². The van der Waals surface area contributed by atoms with Gasteiger partial charge >= 0.3 is 0 Å². The van der Waals surface area contributed by atoms with Crippen LogP contribution in [0.3, 0.4) is 0 Å². The van der Waals surface area contributed by atoms with Gasteiger partial charge in [0.1, 0.15) is 5.82 Å². The van der Waals surface area contributed by atoms with Crippen LogP contribution in [0.2, 0.25) is 5.02 Å². The third kappa shape index (κ3) is 2.75. The minimum absolute atomic E-state index is 0.369. The fourth-order valence-corrected chi connectivity index (χ4v) is 3.36. The molecule has 17 heavy (non-hydrogen) atoms. The van der Waals surface area contributed by atoms with Crippen LogP contribution in [-0.4, -0.2) is 24.1 Å². The molecule has 0 aliphatic carbocycles. The molecule has 2 unspecified atom stereocenters. The van der Waals surface area contributed by atoms with E-state index in [1.54, 1.807) is 6.20 Å². The van der Waals surface area contributed by atoms with Crippen molar-refractivity contribution in [3.05, 3.63) is 21.8 Å². The van der Waals surface area contributed by atoms with Gasteiger partial charge in [-0.2, -0.15) is 0 Å². The lowest BCUT2D eigenvalue weighted by Gasteiger charge is -2.40. The SMILES string of the molecule is CC1CCCN(c2ncc(Cl)cc2Br)C1CN. The van der Waals surface area contributed by atoms with Gasteiger partial charge in [-0.1, -0.05) is 18.5 Å². The Morgan fingerprint density at radius 1 is 1.65 bits per heavy atom. The Kier molecular flexibility index (Phi) is 4.28. The Labute approximate surface area is 115 Å². The van der Waals surface area contributed by atoms with Crippen LogP contribution in [-0.2, 0) is 0 Å². The highest BCUT2D eigenvalue weighted by Gasteiger charge is 2.29. The summed E-state index contributed by atoms with van der Waals surface area (Å²) in [6.45, 7) is 3.94. The van der Waals surface area contributed by atoms with Crippen molar-refractivity contribution in [2.24, 2.45) is 11.7 Å². The number of rotatable bonds is 2. The first-order chi connectivity index (χ1) is 8.13. The Bertz CT molecular complexity index is 399. The molecule has 94 valence electrons. The maximum atomic E-state index is 5.92. The molecule has 2 atom stereocenters. The molecule has 2 N–H and O–H groups in total. The number of nitrogens with two attached hydrogens (primary N) is 1. The summed E-state index contributed by atoms with van der Waals surface area (Å²) in [5, 5.41) is 0.648. The van der Waals surface area contributed by atoms with Crippen molar-refractivity contribution >= 4 is 33.3 Å². The van der Waals surface area contributed by atoms with E-state index in [2.05, 4.69) is 32.7 Å². The van der Waals surface area contributed by atoms with Gasteiger partial charge in [0.15, 0.2) is 0 Å². The number of aromatic nitrogens is 1. The van der Waals surface area contributed by atoms with E-state index in [9.17, 15) is 0 Å². The van der Waals surface area contributed by atoms with E-state index in [4.69, 9.17) is 17.3 Å². The van der Waals surface area contributed by atoms with Gasteiger partial charge in [-0.3, -0.25) is 0 Å². The van der Waals surface area contributed by atoms with E-state index in [0.29, 0.717) is 23.5 Å². The summed E-state index contributed by atoms with van der Waals surface area (Å²) in [5.74, 6) is 1.56. The number of pyridine rings is 1. The zero-order chi connectivity index (χ0) is 12.4. The summed E-state index contributed by atoms with van der Waals surface area (Å²) in [7, 11) is 0. The lowest BCUT2D eigenvalue weighted by molar-refractivity contribution is 0.347. The lowest BCUT2D eigenvalue weighted by Crippen LogP contribution is -2.49. The number of nitrogens with zero attached hydrogens (tertiary/aromatic N) is 2. The summed E-state index contributed by atoms with van der Waals surface area (Å²) in [5.41, 5.74) is 5.89. The summed E-state index contributed by atoms with van der Waals surface area (Å²) in [6.07, 6.45) is 4.12. The zero-order valence-electron chi connectivity index (χ0n) is 9.87. The molecule has 2 rings (SSSR count). The maximum absolute atomic E-state index is 5.92. The van der Waals surface area contributed by atoms with E-state index in [1.165, 1.54) is 12.8 Å². The van der Waals surface area contributed by atoms with Crippen LogP contribution >= 0.6 is 27.5 Å². The monoisotopic (exact) mass is 317 g/mol. The van der Waals surface area contributed by atoms with Gasteiger partial charge in [-0.05, 0) is 40.8 Å². The topological polar surface area (TPSA) is 42.2 Å². The number of hydrogen-bond acceptors (Lipinski definition) is 3. The lowest BCUT2D eigenvalue weighted by atomic mass is 9.91. The van der Waals surface area contributed by atoms with Crippen LogP contribution in [0.15, 0.2) is 16.7 Å². The molecule has 1 aliphatic rings. The first-order valence-corrected chi connectivity index (χ1v) is 7.08. The van der Waals surface area contributed by atoms with Crippen molar-refractivity contribution in [3.63, 3.8) is 0 Å². The summed E-state index contributed by atoms with van der Waals surface area (Å²) in [4.78, 5) is 6.73. The van der Waals surface area contributed by atoms with Crippen LogP contribution in [0.4, 0.5) is 5.82 Å². The number of piperidine rings is 1. The number of halogens is 2. The van der Waals surface area contributed by atoms with Gasteiger partial charge < -0.3 is 10.6 Å². The van der Waals surface area contributed by atoms with Crippen molar-refractivity contribution in [3.8, 4) is 0 Å². The van der Waals surface area contributed by atoms with Crippen molar-refractivity contribution in [2.75, 3.05) is 18.0 Å². The highest BCUT2D eigenvalue weighted by Crippen LogP contribution is 2.32. The van der Waals surface area contributed by atoms with Gasteiger partial charge in [0.2, 0.25) is 0 Å². The molecule has 0 spiro atoms. The van der Waals surface area contributed by atoms with Gasteiger partial charge in [0.05, 0.1) is 9.50 Å². The van der Waals surface area contributed by atoms with E-state index >= 15 is 0 Å². The van der Waals surface area contributed by atoms with E-state index in [1.807, 2.05) is 6.07 Å². The second-order valence-electron chi connectivity index (χ2n) is 4.57. The normalized spacial score (nSPS) is 25.1. The molecule has 3 nitrogen and oxygen atoms in total. The molecule has 0 radical (unpaired) electrons. The first-order valence-electron chi connectivity index (χ1n) is 5.91. The zero-order valence-corrected chi connectivity index (χ0v) is 12.2. The summed E-state index contributed by atoms with van der Waals surface area (Å²) >= 11 is 9.45. The van der Waals surface area contributed by atoms with Crippen LogP contribution < -0.4 is 10.6 Å². The van der Waals surface area contributed by atoms with Crippen molar-refractivity contribution in [1.82, 2.24) is 4.98 Å². The second-order valence-corrected chi connectivity index (χ2v) is 5.87. The predicted molar refractivity (Wildman–Crippen MR) is 75.5 cm³/mol. The third-order valence-electron chi connectivity index (χ3n) is 3.42. The van der Waals surface area contributed by atoms with Crippen LogP contribution in [0.25, 0.3) is 0 Å². The molecule has 0 bridgehead atoms. The van der Waals surface area contributed by atoms with Gasteiger partial charge in [0.25, 0.3) is 0 Å². The van der Waals surface area contributed by atoms with Crippen molar-refractivity contribution in [1.29, 1.82) is 0 Å². The van der Waals surface area contributed by atoms with Crippen molar-refractivity contribution in [2.45, 2.75) is 25.8 Å². The Balaban J connectivity index is 2.30. The molecule has 1 aromatic rings. The molecule has 1 saturated heterocycles. The van der Waals surface area contributed by atoms with Crippen molar-refractivity contribution < 1.29 is 0 Å². The van der Waals surface area contributed by atoms with Crippen LogP contribution in [0.5, 0.6) is 0 Å². The van der Waals surface area contributed by atoms with Crippen LogP contribution in [0, 0.1) is 5.92 Å². The third-order valence-corrected chi connectivity index (χ3v) is 4.21. The molecule has 0 amide bonds. The fourth-order valence-electron chi connectivity index (χ4n) is 2.49. The molecule has 0 saturated carbocycles. The smallest absolute Gasteiger partial charge is 0.143 e. The minimum Gasteiger partial charge on any atom is -0.351 e. The van der Waals surface area contributed by atoms with Crippen LogP contribution in [0.1, 0.15) is 19.8 Å². The highest BCUT2D eigenvalue weighted by molar-refractivity contribution is 9.10. The van der Waals surface area contributed by atoms with Gasteiger partial charge in [0, 0.05) is 25.3 Å². The Morgan fingerprint density at radius 2 is 2.41 bits per heavy atom. The van der Waals surface area contributed by atoms with Gasteiger partial charge in [-0.15, -0.1) is 0 Å². The summed E-state index contributed by atoms with van der Waals surface area (Å²) < 4.78 is 0.942. The Morgan fingerprint density at radius 3 is 3.06 bits per heavy atom. The quantitative estimate of drug-likeness (QED) is 0.911. The molecular weight excluding hydrogens is 302 g/mol. The second kappa shape index (κ2) is 5.55. The average molecular weight is 319 g/mol. The standard InChI is InChI=1S/C12H17BrClN3/c1-8-3-2-4-17(11(8)6-15)12-10(13)5-9(14)7-16-12/h5,7-8,11H,2-4,6,15H2,1H3. The maximum Gasteiger partial charge on any atom is 0.143 e. The minimum atomic E-state index is 0.369. The predicted octanol–water partition coefficient (Wildman–Crippen LogP) is 3.06. The largest absolute Gasteiger partial charge is 0.351 e. The van der Waals surface area contributed by atoms with E-state index in [0.717, 1.165) is 16.8 Å².